The highest BCUT2D eigenvalue weighted by atomic mass is 16.6. The minimum absolute atomic E-state index is 0.176. The summed E-state index contributed by atoms with van der Waals surface area (Å²) < 4.78 is 17.1. The lowest BCUT2D eigenvalue weighted by molar-refractivity contribution is -0.277. The lowest BCUT2D eigenvalue weighted by Gasteiger charge is -2.66. The second-order valence-corrected chi connectivity index (χ2v) is 14.3. The zero-order valence-electron chi connectivity index (χ0n) is 24.3. The maximum absolute atomic E-state index is 13.1. The standard InChI is InChI=1S/C31H46O10/c1-16-10-22(27(39-3)26(36)25(16)35)41-18-4-7-29(15-32)21-12-23(33)28(2)19(17-11-24(34)40-14-17)6-9-31(28,38)20(21)5-8-30(29,37)13-18/h11,15-16,18-23,25-27,33,35-38H,4-10,12-14H2,1-3H3. The van der Waals surface area contributed by atoms with E-state index in [1.54, 1.807) is 0 Å². The van der Waals surface area contributed by atoms with Gasteiger partial charge in [0.05, 0.1) is 41.0 Å². The number of ether oxygens (including phenoxy) is 3. The van der Waals surface area contributed by atoms with Crippen molar-refractivity contribution in [1.29, 1.82) is 0 Å². The molecular formula is C31H46O10. The molecule has 14 unspecified atom stereocenters. The van der Waals surface area contributed by atoms with E-state index in [0.717, 1.165) is 11.9 Å². The molecule has 5 N–H and O–H groups in total. The molecule has 0 saturated heterocycles. The zero-order valence-corrected chi connectivity index (χ0v) is 24.3. The van der Waals surface area contributed by atoms with E-state index in [1.165, 1.54) is 13.2 Å². The fraction of sp³-hybridized carbons (Fsp3) is 0.871. The molecule has 5 fully saturated rings. The quantitative estimate of drug-likeness (QED) is 0.235. The molecule has 0 aromatic carbocycles. The largest absolute Gasteiger partial charge is 0.458 e. The average molecular weight is 579 g/mol. The number of cyclic esters (lactones) is 1. The fourth-order valence-corrected chi connectivity index (χ4v) is 10.5. The first-order valence-corrected chi connectivity index (χ1v) is 15.4. The molecule has 5 saturated carbocycles. The van der Waals surface area contributed by atoms with Crippen molar-refractivity contribution in [3.05, 3.63) is 11.6 Å². The van der Waals surface area contributed by atoms with Gasteiger partial charge in [0.15, 0.2) is 0 Å². The first kappa shape index (κ1) is 29.7. The Hall–Kier alpha value is -1.40. The molecule has 230 valence electrons. The second-order valence-electron chi connectivity index (χ2n) is 14.3. The van der Waals surface area contributed by atoms with Crippen molar-refractivity contribution in [3.8, 4) is 0 Å². The van der Waals surface area contributed by atoms with Crippen LogP contribution in [0.3, 0.4) is 0 Å². The van der Waals surface area contributed by atoms with Crippen LogP contribution in [0.15, 0.2) is 11.6 Å². The van der Waals surface area contributed by atoms with Crippen LogP contribution in [0.4, 0.5) is 0 Å². The highest BCUT2D eigenvalue weighted by molar-refractivity contribution is 5.85. The first-order chi connectivity index (χ1) is 19.3. The Morgan fingerprint density at radius 2 is 1.78 bits per heavy atom. The van der Waals surface area contributed by atoms with E-state index in [-0.39, 0.29) is 43.3 Å². The van der Waals surface area contributed by atoms with Crippen LogP contribution >= 0.6 is 0 Å². The van der Waals surface area contributed by atoms with Crippen LogP contribution in [0.25, 0.3) is 0 Å². The number of carbonyl (C=O) groups excluding carboxylic acids is 2. The number of esters is 1. The van der Waals surface area contributed by atoms with E-state index in [1.807, 2.05) is 13.8 Å². The van der Waals surface area contributed by atoms with Gasteiger partial charge < -0.3 is 44.5 Å². The minimum atomic E-state index is -1.37. The Morgan fingerprint density at radius 1 is 1.02 bits per heavy atom. The van der Waals surface area contributed by atoms with Gasteiger partial charge in [-0.3, -0.25) is 0 Å². The normalized spacial score (nSPS) is 54.9. The molecule has 10 heteroatoms. The number of carbonyl (C=O) groups is 2. The van der Waals surface area contributed by atoms with Gasteiger partial charge in [-0.15, -0.1) is 0 Å². The molecule has 41 heavy (non-hydrogen) atoms. The maximum Gasteiger partial charge on any atom is 0.331 e. The summed E-state index contributed by atoms with van der Waals surface area (Å²) in [6, 6.07) is 0. The molecule has 5 aliphatic carbocycles. The van der Waals surface area contributed by atoms with Crippen molar-refractivity contribution < 1.29 is 49.3 Å². The third kappa shape index (κ3) is 4.01. The smallest absolute Gasteiger partial charge is 0.331 e. The zero-order chi connectivity index (χ0) is 29.5. The summed E-state index contributed by atoms with van der Waals surface area (Å²) in [6.45, 7) is 3.95. The summed E-state index contributed by atoms with van der Waals surface area (Å²) in [4.78, 5) is 24.9. The number of aliphatic hydroxyl groups excluding tert-OH is 3. The van der Waals surface area contributed by atoms with Crippen LogP contribution in [0.2, 0.25) is 0 Å². The van der Waals surface area contributed by atoms with Crippen LogP contribution in [-0.2, 0) is 23.8 Å². The van der Waals surface area contributed by atoms with Gasteiger partial charge >= 0.3 is 5.97 Å². The van der Waals surface area contributed by atoms with Gasteiger partial charge in [0.25, 0.3) is 0 Å². The van der Waals surface area contributed by atoms with Crippen LogP contribution in [-0.4, -0.2) is 99.3 Å². The third-order valence-electron chi connectivity index (χ3n) is 12.8. The van der Waals surface area contributed by atoms with Gasteiger partial charge in [0.1, 0.15) is 25.1 Å². The van der Waals surface area contributed by atoms with Crippen molar-refractivity contribution in [2.24, 2.45) is 34.5 Å². The topological polar surface area (TPSA) is 163 Å². The number of hydrogen-bond donors (Lipinski definition) is 5. The monoisotopic (exact) mass is 578 g/mol. The summed E-state index contributed by atoms with van der Waals surface area (Å²) in [5, 5.41) is 57.3. The maximum atomic E-state index is 13.1. The van der Waals surface area contributed by atoms with E-state index in [4.69, 9.17) is 14.2 Å². The number of aliphatic hydroxyl groups is 5. The van der Waals surface area contributed by atoms with Crippen molar-refractivity contribution >= 4 is 12.3 Å². The van der Waals surface area contributed by atoms with Gasteiger partial charge in [0.2, 0.25) is 0 Å². The number of rotatable bonds is 5. The summed E-state index contributed by atoms with van der Waals surface area (Å²) in [7, 11) is 1.48. The molecule has 0 amide bonds. The summed E-state index contributed by atoms with van der Waals surface area (Å²) >= 11 is 0. The van der Waals surface area contributed by atoms with Gasteiger partial charge in [-0.25, -0.2) is 4.79 Å². The predicted molar refractivity (Wildman–Crippen MR) is 144 cm³/mol. The second kappa shape index (κ2) is 10.1. The van der Waals surface area contributed by atoms with Gasteiger partial charge in [-0.2, -0.15) is 0 Å². The lowest BCUT2D eigenvalue weighted by atomic mass is 9.41. The highest BCUT2D eigenvalue weighted by Crippen LogP contribution is 2.70. The minimum Gasteiger partial charge on any atom is -0.458 e. The average Bonchev–Trinajstić information content (AvgIpc) is 3.48. The molecule has 14 atom stereocenters. The Kier molecular flexibility index (Phi) is 7.29. The summed E-state index contributed by atoms with van der Waals surface area (Å²) in [5.41, 5.74) is -3.83. The van der Waals surface area contributed by atoms with Crippen molar-refractivity contribution in [3.63, 3.8) is 0 Å². The Morgan fingerprint density at radius 3 is 2.44 bits per heavy atom. The molecule has 1 aliphatic heterocycles. The van der Waals surface area contributed by atoms with Gasteiger partial charge in [0, 0.05) is 25.0 Å². The van der Waals surface area contributed by atoms with E-state index < -0.39 is 64.4 Å². The summed E-state index contributed by atoms with van der Waals surface area (Å²) in [5.74, 6) is -1.46. The first-order valence-electron chi connectivity index (χ1n) is 15.4. The van der Waals surface area contributed by atoms with Crippen LogP contribution < -0.4 is 0 Å². The summed E-state index contributed by atoms with van der Waals surface area (Å²) in [6.07, 6.45) is 1.72. The molecule has 0 aromatic heterocycles. The molecule has 0 radical (unpaired) electrons. The van der Waals surface area contributed by atoms with Crippen molar-refractivity contribution in [2.75, 3.05) is 13.7 Å². The lowest BCUT2D eigenvalue weighted by Crippen LogP contribution is -2.71. The number of hydrogen-bond acceptors (Lipinski definition) is 10. The third-order valence-corrected chi connectivity index (χ3v) is 12.8. The van der Waals surface area contributed by atoms with Crippen LogP contribution in [0, 0.1) is 34.5 Å². The molecule has 0 aromatic rings. The molecular weight excluding hydrogens is 532 g/mol. The van der Waals surface area contributed by atoms with Crippen LogP contribution in [0.1, 0.15) is 71.6 Å². The predicted octanol–water partition coefficient (Wildman–Crippen LogP) is 1.04. The van der Waals surface area contributed by atoms with Crippen molar-refractivity contribution in [2.45, 2.75) is 119 Å². The molecule has 10 nitrogen and oxygen atoms in total. The number of fused-ring (bicyclic) bond motifs is 5. The van der Waals surface area contributed by atoms with E-state index in [2.05, 4.69) is 0 Å². The fourth-order valence-electron chi connectivity index (χ4n) is 10.5. The molecule has 6 aliphatic rings. The molecule has 1 heterocycles. The van der Waals surface area contributed by atoms with Crippen LogP contribution in [0.5, 0.6) is 0 Å². The molecule has 0 bridgehead atoms. The SMILES string of the molecule is COC1C(OC2CCC3(C=O)C4CC(O)C5(C)C(C6=CC(=O)OC6)CCC5(O)C4CCC3(O)C2)CC(C)C(O)C1O. The van der Waals surface area contributed by atoms with Gasteiger partial charge in [-0.1, -0.05) is 13.8 Å². The number of methoxy groups -OCH3 is 1. The Bertz CT molecular complexity index is 1090. The highest BCUT2D eigenvalue weighted by Gasteiger charge is 2.74. The van der Waals surface area contributed by atoms with E-state index in [9.17, 15) is 35.1 Å². The Balaban J connectivity index is 1.25. The molecule has 6 rings (SSSR count). The Labute approximate surface area is 241 Å². The van der Waals surface area contributed by atoms with E-state index >= 15 is 0 Å². The van der Waals surface area contributed by atoms with Crippen molar-refractivity contribution in [1.82, 2.24) is 0 Å². The van der Waals surface area contributed by atoms with Gasteiger partial charge in [-0.05, 0) is 80.6 Å². The number of aldehydes is 1. The van der Waals surface area contributed by atoms with E-state index in [0.29, 0.717) is 44.9 Å². The molecule has 0 spiro atoms.